The van der Waals surface area contributed by atoms with Gasteiger partial charge in [-0.25, -0.2) is 18.7 Å². The molecule has 3 rings (SSSR count). The summed E-state index contributed by atoms with van der Waals surface area (Å²) in [4.78, 5) is 16.5. The number of pyridine rings is 2. The molecule has 3 heterocycles. The number of primary amides is 1. The molecule has 1 fully saturated rings. The van der Waals surface area contributed by atoms with Gasteiger partial charge in [-0.05, 0) is 5.41 Å². The Hall–Kier alpha value is -2.73. The molecule has 5 N–H and O–H groups in total. The van der Waals surface area contributed by atoms with Gasteiger partial charge in [0.2, 0.25) is 12.3 Å². The molecule has 1 aliphatic heterocycles. The van der Waals surface area contributed by atoms with E-state index in [1.165, 1.54) is 18.5 Å². The highest BCUT2D eigenvalue weighted by atomic mass is 35.5. The molecule has 0 aliphatic carbocycles. The van der Waals surface area contributed by atoms with Crippen LogP contribution in [0.4, 0.5) is 20.2 Å². The zero-order valence-corrected chi connectivity index (χ0v) is 19.4. The minimum atomic E-state index is -2.63. The Balaban J connectivity index is 0.000000424. The molecule has 2 aromatic rings. The Kier molecular flexibility index (Phi) is 11.1. The number of rotatable bonds is 6. The first-order valence-electron chi connectivity index (χ1n) is 9.19. The van der Waals surface area contributed by atoms with Crippen molar-refractivity contribution in [1.82, 2.24) is 9.97 Å². The van der Waals surface area contributed by atoms with Crippen molar-refractivity contribution in [2.45, 2.75) is 20.3 Å². The molecule has 1 saturated heterocycles. The van der Waals surface area contributed by atoms with E-state index in [4.69, 9.17) is 31.6 Å². The van der Waals surface area contributed by atoms with E-state index in [0.717, 1.165) is 11.5 Å². The van der Waals surface area contributed by atoms with Crippen LogP contribution in [-0.2, 0) is 15.6 Å². The van der Waals surface area contributed by atoms with Crippen LogP contribution in [0.2, 0.25) is 5.02 Å². The number of hydrogen-bond acceptors (Lipinski definition) is 8. The molecule has 0 aromatic carbocycles. The largest absolute Gasteiger partial charge is 0.482 e. The van der Waals surface area contributed by atoms with Crippen LogP contribution < -0.4 is 26.3 Å². The summed E-state index contributed by atoms with van der Waals surface area (Å²) in [5, 5.41) is 3.10. The first-order valence-corrected chi connectivity index (χ1v) is 11.1. The monoisotopic (exact) mass is 493 g/mol. The quantitative estimate of drug-likeness (QED) is 0.521. The second-order valence-electron chi connectivity index (χ2n) is 7.15. The maximum atomic E-state index is 12.3. The van der Waals surface area contributed by atoms with Crippen LogP contribution in [0.3, 0.4) is 0 Å². The molecule has 178 valence electrons. The normalized spacial score (nSPS) is 14.1. The maximum absolute atomic E-state index is 12.3. The van der Waals surface area contributed by atoms with E-state index in [1.54, 1.807) is 13.1 Å². The third-order valence-corrected chi connectivity index (χ3v) is 6.05. The van der Waals surface area contributed by atoms with Crippen molar-refractivity contribution in [3.8, 4) is 17.5 Å². The highest BCUT2D eigenvalue weighted by Gasteiger charge is 2.32. The standard InChI is InChI=1S/C13H13ClF2N4O2.C5H10OS.CH3NO/c1-18-9-3-12(19-5-8(9)17)22-13-10(21-6-11(15)16)2-7(14)4-20-13;1-5(2)3-7(6)4-5;2-1-3/h2-5,11H,6,17H2,1H3,(H,18,19);3-4H2,1-2H3;1H,(H2,2,3). The van der Waals surface area contributed by atoms with Crippen LogP contribution in [-0.4, -0.2) is 52.2 Å². The third-order valence-electron chi connectivity index (χ3n) is 3.63. The fraction of sp³-hybridized carbons (Fsp3) is 0.421. The van der Waals surface area contributed by atoms with E-state index >= 15 is 0 Å². The second-order valence-corrected chi connectivity index (χ2v) is 9.04. The molecule has 0 saturated carbocycles. The Morgan fingerprint density at radius 1 is 1.31 bits per heavy atom. The molecule has 1 aliphatic rings. The van der Waals surface area contributed by atoms with Gasteiger partial charge in [0.25, 0.3) is 12.3 Å². The number of nitrogens with zero attached hydrogens (tertiary/aromatic N) is 2. The van der Waals surface area contributed by atoms with E-state index in [9.17, 15) is 13.0 Å². The molecule has 1 amide bonds. The maximum Gasteiger partial charge on any atom is 0.272 e. The summed E-state index contributed by atoms with van der Waals surface area (Å²) in [7, 11) is 1.23. The minimum absolute atomic E-state index is 0.00238. The molecular formula is C19H26ClF2N5O4S. The number of ether oxygens (including phenoxy) is 2. The molecule has 0 unspecified atom stereocenters. The summed E-state index contributed by atoms with van der Waals surface area (Å²) in [5.41, 5.74) is 11.3. The molecule has 0 bridgehead atoms. The number of alkyl halides is 2. The highest BCUT2D eigenvalue weighted by Crippen LogP contribution is 2.32. The number of aromatic nitrogens is 2. The molecule has 9 nitrogen and oxygen atoms in total. The van der Waals surface area contributed by atoms with Crippen molar-refractivity contribution in [2.75, 3.05) is 36.2 Å². The molecule has 0 spiro atoms. The molecule has 2 aromatic heterocycles. The Bertz CT molecular complexity index is 911. The summed E-state index contributed by atoms with van der Waals surface area (Å²) in [6.07, 6.45) is 0.330. The lowest BCUT2D eigenvalue weighted by molar-refractivity contribution is -0.106. The molecule has 32 heavy (non-hydrogen) atoms. The van der Waals surface area contributed by atoms with Crippen molar-refractivity contribution >= 4 is 40.2 Å². The predicted molar refractivity (Wildman–Crippen MR) is 121 cm³/mol. The number of halogens is 3. The van der Waals surface area contributed by atoms with Crippen LogP contribution in [0.5, 0.6) is 17.5 Å². The second kappa shape index (κ2) is 13.0. The third kappa shape index (κ3) is 9.60. The smallest absolute Gasteiger partial charge is 0.272 e. The van der Waals surface area contributed by atoms with E-state index in [-0.39, 0.29) is 28.9 Å². The van der Waals surface area contributed by atoms with Gasteiger partial charge in [0.15, 0.2) is 5.75 Å². The van der Waals surface area contributed by atoms with Crippen molar-refractivity contribution in [3.63, 3.8) is 0 Å². The van der Waals surface area contributed by atoms with Gasteiger partial charge in [-0.15, -0.1) is 0 Å². The topological polar surface area (TPSA) is 142 Å². The number of nitrogens with one attached hydrogen (secondary N) is 1. The van der Waals surface area contributed by atoms with Crippen LogP contribution in [0.15, 0.2) is 24.5 Å². The number of hydrogen-bond donors (Lipinski definition) is 3. The number of anilines is 2. The average molecular weight is 494 g/mol. The first kappa shape index (κ1) is 27.3. The summed E-state index contributed by atoms with van der Waals surface area (Å²) >= 11 is 5.78. The van der Waals surface area contributed by atoms with Gasteiger partial charge in [0.05, 0.1) is 22.6 Å². The SMILES string of the molecule is CC1(C)CS(=O)C1.CNc1cc(Oc2ncc(Cl)cc2OCC(F)F)ncc1N.NC=O. The van der Waals surface area contributed by atoms with Crippen LogP contribution in [0, 0.1) is 5.41 Å². The highest BCUT2D eigenvalue weighted by molar-refractivity contribution is 7.86. The lowest BCUT2D eigenvalue weighted by Gasteiger charge is -2.32. The number of carbonyl (C=O) groups is 1. The first-order chi connectivity index (χ1) is 15.0. The van der Waals surface area contributed by atoms with Crippen molar-refractivity contribution in [3.05, 3.63) is 29.5 Å². The van der Waals surface area contributed by atoms with Gasteiger partial charge in [-0.1, -0.05) is 25.4 Å². The molecule has 13 heteroatoms. The van der Waals surface area contributed by atoms with Gasteiger partial charge in [-0.2, -0.15) is 0 Å². The average Bonchev–Trinajstić information content (AvgIpc) is 2.69. The minimum Gasteiger partial charge on any atom is -0.482 e. The van der Waals surface area contributed by atoms with Crippen LogP contribution in [0.1, 0.15) is 13.8 Å². The number of nitrogens with two attached hydrogens (primary N) is 2. The van der Waals surface area contributed by atoms with E-state index < -0.39 is 23.8 Å². The lowest BCUT2D eigenvalue weighted by atomic mass is 9.99. The van der Waals surface area contributed by atoms with E-state index in [0.29, 0.717) is 16.8 Å². The van der Waals surface area contributed by atoms with Crippen molar-refractivity contribution < 1.29 is 27.3 Å². The number of carbonyl (C=O) groups excluding carboxylic acids is 1. The fourth-order valence-corrected chi connectivity index (χ4v) is 4.20. The van der Waals surface area contributed by atoms with E-state index in [2.05, 4.69) is 34.9 Å². The van der Waals surface area contributed by atoms with Crippen molar-refractivity contribution in [1.29, 1.82) is 0 Å². The Labute approximate surface area is 192 Å². The van der Waals surface area contributed by atoms with Gasteiger partial charge in [0.1, 0.15) is 6.61 Å². The summed E-state index contributed by atoms with van der Waals surface area (Å²) in [6.45, 7) is 3.50. The summed E-state index contributed by atoms with van der Waals surface area (Å²) < 4.78 is 45.4. The van der Waals surface area contributed by atoms with Gasteiger partial charge < -0.3 is 26.3 Å². The molecular weight excluding hydrogens is 468 g/mol. The van der Waals surface area contributed by atoms with Crippen LogP contribution in [0.25, 0.3) is 0 Å². The van der Waals surface area contributed by atoms with E-state index in [1.807, 2.05) is 0 Å². The Morgan fingerprint density at radius 3 is 2.41 bits per heavy atom. The fourth-order valence-electron chi connectivity index (χ4n) is 2.39. The summed E-state index contributed by atoms with van der Waals surface area (Å²) in [6, 6.07) is 2.88. The van der Waals surface area contributed by atoms with Gasteiger partial charge in [0, 0.05) is 47.7 Å². The lowest BCUT2D eigenvalue weighted by Crippen LogP contribution is -2.39. The van der Waals surface area contributed by atoms with Crippen molar-refractivity contribution in [2.24, 2.45) is 11.1 Å². The van der Waals surface area contributed by atoms with Gasteiger partial charge in [-0.3, -0.25) is 9.00 Å². The molecule has 0 radical (unpaired) electrons. The van der Waals surface area contributed by atoms with Gasteiger partial charge >= 0.3 is 0 Å². The zero-order chi connectivity index (χ0) is 24.3. The number of nitrogen functional groups attached to an aromatic ring is 1. The Morgan fingerprint density at radius 2 is 1.94 bits per heavy atom. The predicted octanol–water partition coefficient (Wildman–Crippen LogP) is 3.07. The summed E-state index contributed by atoms with van der Waals surface area (Å²) in [5.74, 6) is 1.97. The molecule has 0 atom stereocenters. The zero-order valence-electron chi connectivity index (χ0n) is 17.8. The van der Waals surface area contributed by atoms with Crippen LogP contribution >= 0.6 is 11.6 Å². The number of amides is 1.